The van der Waals surface area contributed by atoms with Crippen molar-refractivity contribution in [3.05, 3.63) is 129 Å². The lowest BCUT2D eigenvalue weighted by molar-refractivity contribution is -0.120. The van der Waals surface area contributed by atoms with E-state index < -0.39 is 11.9 Å². The third-order valence-corrected chi connectivity index (χ3v) is 5.66. The van der Waals surface area contributed by atoms with Gasteiger partial charge in [-0.05, 0) is 66.2 Å². The van der Waals surface area contributed by atoms with Crippen LogP contribution in [0.25, 0.3) is 0 Å². The van der Waals surface area contributed by atoms with E-state index in [4.69, 9.17) is 32.7 Å². The first-order chi connectivity index (χ1) is 18.4. The lowest BCUT2D eigenvalue weighted by atomic mass is 10.1. The molecule has 0 bridgehead atoms. The zero-order valence-corrected chi connectivity index (χ0v) is 21.3. The minimum atomic E-state index is -0.661. The number of halogens is 2. The summed E-state index contributed by atoms with van der Waals surface area (Å²) in [5.74, 6) is -1.40. The fourth-order valence-electron chi connectivity index (χ4n) is 3.26. The predicted octanol–water partition coefficient (Wildman–Crippen LogP) is 6.12. The summed E-state index contributed by atoms with van der Waals surface area (Å²) in [5.41, 5.74) is 4.20. The molecule has 0 atom stereocenters. The summed E-state index contributed by atoms with van der Waals surface area (Å²) < 4.78 is 11.0. The number of hydrogen-bond donors (Lipinski definition) is 1. The van der Waals surface area contributed by atoms with Crippen molar-refractivity contribution in [3.63, 3.8) is 0 Å². The first-order valence-electron chi connectivity index (χ1n) is 11.3. The molecule has 9 heteroatoms. The molecule has 0 saturated heterocycles. The van der Waals surface area contributed by atoms with Crippen LogP contribution < -0.4 is 14.9 Å². The highest BCUT2D eigenvalue weighted by atomic mass is 35.5. The van der Waals surface area contributed by atoms with Crippen molar-refractivity contribution in [2.75, 3.05) is 0 Å². The molecule has 0 aliphatic heterocycles. The molecule has 0 spiro atoms. The van der Waals surface area contributed by atoms with Gasteiger partial charge in [0.05, 0.1) is 23.8 Å². The van der Waals surface area contributed by atoms with Gasteiger partial charge in [0.15, 0.2) is 0 Å². The topological polar surface area (TPSA) is 94.1 Å². The molecule has 1 amide bonds. The molecule has 1 N–H and O–H groups in total. The van der Waals surface area contributed by atoms with Gasteiger partial charge in [0, 0.05) is 21.7 Å². The Morgan fingerprint density at radius 1 is 0.737 bits per heavy atom. The lowest BCUT2D eigenvalue weighted by Crippen LogP contribution is -2.19. The number of esters is 2. The average Bonchev–Trinajstić information content (AvgIpc) is 2.91. The molecule has 0 heterocycles. The van der Waals surface area contributed by atoms with Gasteiger partial charge in [0.2, 0.25) is 5.91 Å². The van der Waals surface area contributed by atoms with Gasteiger partial charge in [-0.1, -0.05) is 53.5 Å². The van der Waals surface area contributed by atoms with Gasteiger partial charge >= 0.3 is 11.9 Å². The molecule has 0 aromatic heterocycles. The number of nitrogens with zero attached hydrogens (tertiary/aromatic N) is 1. The number of amides is 1. The summed E-state index contributed by atoms with van der Waals surface area (Å²) >= 11 is 11.8. The number of ether oxygens (including phenoxy) is 2. The van der Waals surface area contributed by atoms with Crippen molar-refractivity contribution in [1.29, 1.82) is 0 Å². The molecule has 4 rings (SSSR count). The first-order valence-corrected chi connectivity index (χ1v) is 12.1. The molecule has 0 aliphatic rings. The van der Waals surface area contributed by atoms with Crippen LogP contribution in [0.2, 0.25) is 10.0 Å². The Kier molecular flexibility index (Phi) is 8.87. The molecular formula is C29H20Cl2N2O5. The van der Waals surface area contributed by atoms with Gasteiger partial charge < -0.3 is 9.47 Å². The van der Waals surface area contributed by atoms with Gasteiger partial charge in [0.1, 0.15) is 11.5 Å². The molecule has 0 aliphatic carbocycles. The van der Waals surface area contributed by atoms with Gasteiger partial charge in [-0.3, -0.25) is 4.79 Å². The van der Waals surface area contributed by atoms with E-state index in [2.05, 4.69) is 10.5 Å². The van der Waals surface area contributed by atoms with E-state index in [1.54, 1.807) is 30.3 Å². The van der Waals surface area contributed by atoms with Crippen molar-refractivity contribution in [2.24, 2.45) is 5.10 Å². The van der Waals surface area contributed by atoms with Crippen LogP contribution in [0.15, 0.2) is 102 Å². The van der Waals surface area contributed by atoms with E-state index in [-0.39, 0.29) is 29.4 Å². The number of carbonyl (C=O) groups excluding carboxylic acids is 3. The fourth-order valence-corrected chi connectivity index (χ4v) is 3.52. The number of carbonyl (C=O) groups is 3. The van der Waals surface area contributed by atoms with Crippen LogP contribution in [-0.4, -0.2) is 24.1 Å². The second-order valence-corrected chi connectivity index (χ2v) is 8.82. The van der Waals surface area contributed by atoms with Crippen molar-refractivity contribution >= 4 is 47.3 Å². The second-order valence-electron chi connectivity index (χ2n) is 7.95. The average molecular weight is 547 g/mol. The van der Waals surface area contributed by atoms with Gasteiger partial charge in [-0.25, -0.2) is 15.0 Å². The van der Waals surface area contributed by atoms with E-state index in [9.17, 15) is 14.4 Å². The minimum Gasteiger partial charge on any atom is -0.423 e. The number of hydrogen-bond acceptors (Lipinski definition) is 6. The molecule has 190 valence electrons. The molecule has 0 saturated carbocycles. The highest BCUT2D eigenvalue weighted by molar-refractivity contribution is 6.31. The van der Waals surface area contributed by atoms with Crippen LogP contribution in [0.3, 0.4) is 0 Å². The molecule has 0 radical (unpaired) electrons. The second kappa shape index (κ2) is 12.7. The minimum absolute atomic E-state index is 0.0624. The van der Waals surface area contributed by atoms with Crippen LogP contribution in [0.4, 0.5) is 0 Å². The Morgan fingerprint density at radius 3 is 1.92 bits per heavy atom. The summed E-state index contributed by atoms with van der Waals surface area (Å²) in [6.07, 6.45) is 1.48. The summed E-state index contributed by atoms with van der Waals surface area (Å²) in [4.78, 5) is 37.5. The largest absolute Gasteiger partial charge is 0.423 e. The van der Waals surface area contributed by atoms with Crippen LogP contribution >= 0.6 is 23.2 Å². The monoisotopic (exact) mass is 546 g/mol. The smallest absolute Gasteiger partial charge is 0.343 e. The summed E-state index contributed by atoms with van der Waals surface area (Å²) in [6, 6.07) is 26.0. The quantitative estimate of drug-likeness (QED) is 0.124. The molecule has 0 fully saturated rings. The Hall–Kier alpha value is -4.46. The number of hydrazone groups is 1. The highest BCUT2D eigenvalue weighted by Gasteiger charge is 2.15. The maximum absolute atomic E-state index is 12.7. The summed E-state index contributed by atoms with van der Waals surface area (Å²) in [7, 11) is 0. The lowest BCUT2D eigenvalue weighted by Gasteiger charge is -2.11. The van der Waals surface area contributed by atoms with E-state index in [0.717, 1.165) is 5.56 Å². The van der Waals surface area contributed by atoms with E-state index in [1.807, 2.05) is 30.3 Å². The first kappa shape index (κ1) is 26.6. The zero-order valence-electron chi connectivity index (χ0n) is 19.8. The van der Waals surface area contributed by atoms with E-state index in [0.29, 0.717) is 21.2 Å². The van der Waals surface area contributed by atoms with Crippen molar-refractivity contribution in [1.82, 2.24) is 5.43 Å². The van der Waals surface area contributed by atoms with Crippen LogP contribution in [0.1, 0.15) is 31.8 Å². The maximum atomic E-state index is 12.7. The van der Waals surface area contributed by atoms with E-state index in [1.165, 1.54) is 42.6 Å². The van der Waals surface area contributed by atoms with Gasteiger partial charge in [-0.15, -0.1) is 0 Å². The number of benzene rings is 4. The highest BCUT2D eigenvalue weighted by Crippen LogP contribution is 2.26. The predicted molar refractivity (Wildman–Crippen MR) is 145 cm³/mol. The Balaban J connectivity index is 1.53. The third kappa shape index (κ3) is 7.52. The normalized spacial score (nSPS) is 10.7. The Bertz CT molecular complexity index is 1470. The van der Waals surface area contributed by atoms with Crippen molar-refractivity contribution in [2.45, 2.75) is 6.42 Å². The Labute approximate surface area is 228 Å². The van der Waals surface area contributed by atoms with Gasteiger partial charge in [-0.2, -0.15) is 5.10 Å². The number of rotatable bonds is 8. The molecule has 7 nitrogen and oxygen atoms in total. The summed E-state index contributed by atoms with van der Waals surface area (Å²) in [6.45, 7) is 0. The van der Waals surface area contributed by atoms with Crippen LogP contribution in [0.5, 0.6) is 11.5 Å². The standard InChI is InChI=1S/C29H20Cl2N2O5/c30-23-11-6-20(7-12-23)28(35)37-25-15-10-22(18-32-33-27(34)16-19-4-2-1-3-5-19)26(17-25)38-29(36)21-8-13-24(31)14-9-21/h1-15,17-18H,16H2,(H,33,34). The maximum Gasteiger partial charge on any atom is 0.343 e. The van der Waals surface area contributed by atoms with Gasteiger partial charge in [0.25, 0.3) is 0 Å². The van der Waals surface area contributed by atoms with Crippen LogP contribution in [0, 0.1) is 0 Å². The molecule has 4 aromatic carbocycles. The summed E-state index contributed by atoms with van der Waals surface area (Å²) in [5, 5.41) is 4.94. The van der Waals surface area contributed by atoms with Crippen molar-refractivity contribution in [3.8, 4) is 11.5 Å². The third-order valence-electron chi connectivity index (χ3n) is 5.16. The van der Waals surface area contributed by atoms with Crippen LogP contribution in [-0.2, 0) is 11.2 Å². The molecular weight excluding hydrogens is 527 g/mol. The molecule has 38 heavy (non-hydrogen) atoms. The van der Waals surface area contributed by atoms with E-state index >= 15 is 0 Å². The fraction of sp³-hybridized carbons (Fsp3) is 0.0345. The SMILES string of the molecule is O=C(Cc1ccccc1)NN=Cc1ccc(OC(=O)c2ccc(Cl)cc2)cc1OC(=O)c1ccc(Cl)cc1. The number of nitrogens with one attached hydrogen (secondary N) is 1. The zero-order chi connectivity index (χ0) is 26.9. The molecule has 0 unspecified atom stereocenters. The van der Waals surface area contributed by atoms with Crippen molar-refractivity contribution < 1.29 is 23.9 Å². The Morgan fingerprint density at radius 2 is 1.32 bits per heavy atom. The molecule has 4 aromatic rings.